The molecule has 2 heterocycles. The predicted molar refractivity (Wildman–Crippen MR) is 74.4 cm³/mol. The lowest BCUT2D eigenvalue weighted by atomic mass is 10.0. The monoisotopic (exact) mass is 304 g/mol. The van der Waals surface area contributed by atoms with Crippen molar-refractivity contribution < 1.29 is 13.2 Å². The van der Waals surface area contributed by atoms with Crippen LogP contribution in [0.2, 0.25) is 5.15 Å². The molecule has 2 rings (SSSR count). The lowest BCUT2D eigenvalue weighted by molar-refractivity contribution is 0.163. The summed E-state index contributed by atoms with van der Waals surface area (Å²) in [7, 11) is -3.09. The molecule has 1 N–H and O–H groups in total. The first kappa shape index (κ1) is 14.6. The van der Waals surface area contributed by atoms with Crippen LogP contribution in [0.1, 0.15) is 6.42 Å². The van der Waals surface area contributed by atoms with Crippen LogP contribution in [0, 0.1) is 5.92 Å². The van der Waals surface area contributed by atoms with E-state index in [-0.39, 0.29) is 17.8 Å². The fourth-order valence-electron chi connectivity index (χ4n) is 2.17. The lowest BCUT2D eigenvalue weighted by Gasteiger charge is -2.23. The molecule has 0 amide bonds. The van der Waals surface area contributed by atoms with E-state index in [0.29, 0.717) is 10.9 Å². The summed E-state index contributed by atoms with van der Waals surface area (Å²) in [5, 5.41) is 3.61. The minimum atomic E-state index is -3.09. The van der Waals surface area contributed by atoms with Gasteiger partial charge in [-0.1, -0.05) is 11.6 Å². The number of rotatable bonds is 5. The van der Waals surface area contributed by atoms with E-state index >= 15 is 0 Å². The number of pyridine rings is 1. The van der Waals surface area contributed by atoms with Crippen LogP contribution in [0.25, 0.3) is 0 Å². The molecule has 2 atom stereocenters. The number of hydrogen-bond donors (Lipinski definition) is 1. The van der Waals surface area contributed by atoms with Crippen molar-refractivity contribution in [3.63, 3.8) is 0 Å². The van der Waals surface area contributed by atoms with Gasteiger partial charge in [0.25, 0.3) is 0 Å². The van der Waals surface area contributed by atoms with Crippen molar-refractivity contribution in [2.75, 3.05) is 25.1 Å². The summed E-state index contributed by atoms with van der Waals surface area (Å²) in [5.41, 5.74) is 0. The van der Waals surface area contributed by atoms with E-state index in [0.717, 1.165) is 19.5 Å². The Bertz CT molecular complexity index is 512. The molecule has 1 aromatic rings. The second-order valence-electron chi connectivity index (χ2n) is 4.82. The third kappa shape index (κ3) is 4.63. The van der Waals surface area contributed by atoms with Crippen LogP contribution in [0.3, 0.4) is 0 Å². The molecule has 0 spiro atoms. The van der Waals surface area contributed by atoms with E-state index in [4.69, 9.17) is 16.3 Å². The van der Waals surface area contributed by atoms with Crippen molar-refractivity contribution in [3.8, 4) is 5.75 Å². The number of hydrogen-bond acceptors (Lipinski definition) is 5. The molecule has 0 saturated carbocycles. The Morgan fingerprint density at radius 3 is 2.89 bits per heavy atom. The Labute approximate surface area is 118 Å². The maximum atomic E-state index is 11.5. The van der Waals surface area contributed by atoms with Crippen LogP contribution < -0.4 is 10.1 Å². The average Bonchev–Trinajstić information content (AvgIpc) is 2.83. The minimum Gasteiger partial charge on any atom is -0.487 e. The van der Waals surface area contributed by atoms with E-state index in [1.165, 1.54) is 12.5 Å². The molecule has 0 aliphatic carbocycles. The van der Waals surface area contributed by atoms with Gasteiger partial charge in [0.1, 0.15) is 17.0 Å². The Morgan fingerprint density at radius 1 is 1.58 bits per heavy atom. The fourth-order valence-corrected chi connectivity index (χ4v) is 3.21. The third-order valence-electron chi connectivity index (χ3n) is 3.08. The Hall–Kier alpha value is -0.850. The molecule has 1 aliphatic rings. The number of sulfone groups is 1. The Morgan fingerprint density at radius 2 is 2.37 bits per heavy atom. The number of nitrogens with zero attached hydrogens (tertiary/aromatic N) is 1. The van der Waals surface area contributed by atoms with Crippen molar-refractivity contribution >= 4 is 21.4 Å². The van der Waals surface area contributed by atoms with Gasteiger partial charge in [0.05, 0.1) is 11.9 Å². The zero-order chi connectivity index (χ0) is 13.9. The minimum absolute atomic E-state index is 0.0158. The maximum Gasteiger partial charge on any atom is 0.151 e. The van der Waals surface area contributed by atoms with Crippen molar-refractivity contribution in [1.82, 2.24) is 10.3 Å². The third-order valence-corrected chi connectivity index (χ3v) is 4.24. The first-order chi connectivity index (χ1) is 8.94. The zero-order valence-corrected chi connectivity index (χ0v) is 12.2. The van der Waals surface area contributed by atoms with Gasteiger partial charge in [-0.2, -0.15) is 0 Å². The number of ether oxygens (including phenoxy) is 1. The van der Waals surface area contributed by atoms with Crippen LogP contribution >= 0.6 is 11.6 Å². The van der Waals surface area contributed by atoms with E-state index in [9.17, 15) is 8.42 Å². The molecule has 0 aromatic carbocycles. The normalized spacial score (nSPS) is 21.3. The van der Waals surface area contributed by atoms with Crippen molar-refractivity contribution in [2.24, 2.45) is 5.92 Å². The van der Waals surface area contributed by atoms with Gasteiger partial charge >= 0.3 is 0 Å². The highest BCUT2D eigenvalue weighted by Gasteiger charge is 2.29. The summed E-state index contributed by atoms with van der Waals surface area (Å²) in [5.74, 6) is 0.762. The summed E-state index contributed by atoms with van der Waals surface area (Å²) < 4.78 is 28.8. The van der Waals surface area contributed by atoms with Crippen LogP contribution in [0.4, 0.5) is 0 Å². The molecule has 1 aliphatic heterocycles. The highest BCUT2D eigenvalue weighted by Crippen LogP contribution is 2.21. The molecule has 0 bridgehead atoms. The summed E-state index contributed by atoms with van der Waals surface area (Å²) in [6.45, 7) is 1.67. The molecule has 19 heavy (non-hydrogen) atoms. The molecule has 1 aromatic heterocycles. The van der Waals surface area contributed by atoms with Crippen LogP contribution in [0.15, 0.2) is 18.3 Å². The van der Waals surface area contributed by atoms with E-state index in [2.05, 4.69) is 10.3 Å². The van der Waals surface area contributed by atoms with Gasteiger partial charge in [0.15, 0.2) is 9.84 Å². The summed E-state index contributed by atoms with van der Waals surface area (Å²) in [6.07, 6.45) is 3.31. The first-order valence-corrected chi connectivity index (χ1v) is 8.54. The molecular weight excluding hydrogens is 288 g/mol. The molecule has 0 radical (unpaired) electrons. The zero-order valence-electron chi connectivity index (χ0n) is 10.7. The van der Waals surface area contributed by atoms with Gasteiger partial charge in [0.2, 0.25) is 0 Å². The number of aromatic nitrogens is 1. The number of halogens is 1. The second kappa shape index (κ2) is 6.07. The van der Waals surface area contributed by atoms with E-state index in [1.807, 2.05) is 0 Å². The molecule has 1 saturated heterocycles. The standard InChI is InChI=1S/C12H17ClN2O3S/c1-19(16,17)8-11(9-4-5-14-6-9)18-10-2-3-12(13)15-7-10/h2-3,7,9,11,14H,4-6,8H2,1H3/t9-,11+/m0/s1. The summed E-state index contributed by atoms with van der Waals surface area (Å²) >= 11 is 5.71. The van der Waals surface area contributed by atoms with Crippen molar-refractivity contribution in [3.05, 3.63) is 23.5 Å². The van der Waals surface area contributed by atoms with Gasteiger partial charge in [0, 0.05) is 18.7 Å². The molecular formula is C12H17ClN2O3S. The van der Waals surface area contributed by atoms with Crippen LogP contribution in [-0.4, -0.2) is 44.6 Å². The summed E-state index contributed by atoms with van der Waals surface area (Å²) in [4.78, 5) is 3.93. The molecule has 1 fully saturated rings. The number of nitrogens with one attached hydrogen (secondary N) is 1. The highest BCUT2D eigenvalue weighted by atomic mass is 35.5. The SMILES string of the molecule is CS(=O)(=O)C[C@@H](Oc1ccc(Cl)nc1)[C@H]1CCNC1. The molecule has 0 unspecified atom stereocenters. The van der Waals surface area contributed by atoms with Crippen molar-refractivity contribution in [2.45, 2.75) is 12.5 Å². The second-order valence-corrected chi connectivity index (χ2v) is 7.39. The topological polar surface area (TPSA) is 68.3 Å². The maximum absolute atomic E-state index is 11.5. The predicted octanol–water partition coefficient (Wildman–Crippen LogP) is 1.14. The summed E-state index contributed by atoms with van der Waals surface area (Å²) in [6, 6.07) is 3.33. The molecule has 106 valence electrons. The fraction of sp³-hybridized carbons (Fsp3) is 0.583. The molecule has 5 nitrogen and oxygen atoms in total. The average molecular weight is 305 g/mol. The van der Waals surface area contributed by atoms with E-state index in [1.54, 1.807) is 12.1 Å². The van der Waals surface area contributed by atoms with Crippen molar-refractivity contribution in [1.29, 1.82) is 0 Å². The largest absolute Gasteiger partial charge is 0.487 e. The first-order valence-electron chi connectivity index (χ1n) is 6.11. The van der Waals surface area contributed by atoms with Gasteiger partial charge in [-0.3, -0.25) is 0 Å². The van der Waals surface area contributed by atoms with E-state index < -0.39 is 9.84 Å². The van der Waals surface area contributed by atoms with Gasteiger partial charge in [-0.25, -0.2) is 13.4 Å². The van der Waals surface area contributed by atoms with Gasteiger partial charge in [-0.05, 0) is 25.1 Å². The lowest BCUT2D eigenvalue weighted by Crippen LogP contribution is -2.35. The smallest absolute Gasteiger partial charge is 0.151 e. The van der Waals surface area contributed by atoms with Gasteiger partial charge in [-0.15, -0.1) is 0 Å². The Kier molecular flexibility index (Phi) is 4.65. The van der Waals surface area contributed by atoms with Gasteiger partial charge < -0.3 is 10.1 Å². The Balaban J connectivity index is 2.10. The quantitative estimate of drug-likeness (QED) is 0.826. The van der Waals surface area contributed by atoms with Crippen LogP contribution in [0.5, 0.6) is 5.75 Å². The highest BCUT2D eigenvalue weighted by molar-refractivity contribution is 7.90. The molecule has 7 heteroatoms. The van der Waals surface area contributed by atoms with Crippen LogP contribution in [-0.2, 0) is 9.84 Å².